The number of urea groups is 1. The molecule has 1 N–H and O–H groups in total. The van der Waals surface area contributed by atoms with Crippen molar-refractivity contribution in [3.05, 3.63) is 22.5 Å². The van der Waals surface area contributed by atoms with Gasteiger partial charge < -0.3 is 4.98 Å². The molecule has 0 radical (unpaired) electrons. The van der Waals surface area contributed by atoms with Gasteiger partial charge in [0.25, 0.3) is 0 Å². The Balaban J connectivity index is 2.30. The molecule has 0 saturated carbocycles. The highest BCUT2D eigenvalue weighted by Crippen LogP contribution is 2.20. The number of aryl methyl sites for hydroxylation is 1. The Morgan fingerprint density at radius 3 is 2.09 bits per heavy atom. The van der Waals surface area contributed by atoms with E-state index in [0.29, 0.717) is 26.6 Å². The van der Waals surface area contributed by atoms with Crippen molar-refractivity contribution in [2.24, 2.45) is 0 Å². The van der Waals surface area contributed by atoms with Crippen molar-refractivity contribution in [1.29, 1.82) is 0 Å². The molecule has 0 bridgehead atoms. The van der Waals surface area contributed by atoms with E-state index in [1.54, 1.807) is 13.8 Å². The zero-order valence-corrected chi connectivity index (χ0v) is 12.6. The molecule has 1 aliphatic heterocycles. The number of rotatable bonds is 4. The van der Waals surface area contributed by atoms with E-state index in [0.717, 1.165) is 0 Å². The Bertz CT molecular complexity index is 731. The topological polar surface area (TPSA) is 108 Å². The van der Waals surface area contributed by atoms with Crippen LogP contribution in [0.5, 0.6) is 0 Å². The Morgan fingerprint density at radius 2 is 1.68 bits per heavy atom. The molecule has 1 aliphatic rings. The van der Waals surface area contributed by atoms with Gasteiger partial charge in [-0.05, 0) is 26.3 Å². The second kappa shape index (κ2) is 5.21. The van der Waals surface area contributed by atoms with E-state index in [1.807, 2.05) is 0 Å². The number of nitrogens with zero attached hydrogens (tertiary/aromatic N) is 2. The maximum atomic E-state index is 12.3. The van der Waals surface area contributed by atoms with Crippen LogP contribution in [-0.2, 0) is 9.59 Å². The fourth-order valence-corrected chi connectivity index (χ4v) is 2.53. The SMILES string of the molecule is CC(=O)c1c(C)[nH]c(C(=O)CN2C(=O)C(=O)N(C)C2=O)c1C. The number of carbonyl (C=O) groups excluding carboxylic acids is 5. The first-order chi connectivity index (χ1) is 10.2. The van der Waals surface area contributed by atoms with E-state index in [9.17, 15) is 24.0 Å². The van der Waals surface area contributed by atoms with Crippen molar-refractivity contribution >= 4 is 29.4 Å². The third-order valence-corrected chi connectivity index (χ3v) is 3.62. The number of nitrogens with one attached hydrogen (secondary N) is 1. The third kappa shape index (κ3) is 2.22. The Labute approximate surface area is 126 Å². The Hall–Kier alpha value is -2.77. The van der Waals surface area contributed by atoms with Gasteiger partial charge in [0.1, 0.15) is 0 Å². The highest BCUT2D eigenvalue weighted by Gasteiger charge is 2.43. The van der Waals surface area contributed by atoms with Gasteiger partial charge >= 0.3 is 17.8 Å². The molecule has 1 aromatic heterocycles. The van der Waals surface area contributed by atoms with E-state index in [1.165, 1.54) is 14.0 Å². The summed E-state index contributed by atoms with van der Waals surface area (Å²) in [5.74, 6) is -2.73. The van der Waals surface area contributed by atoms with Crippen LogP contribution in [0.2, 0.25) is 0 Å². The zero-order chi connectivity index (χ0) is 16.8. The van der Waals surface area contributed by atoms with E-state index < -0.39 is 30.2 Å². The fraction of sp³-hybridized carbons (Fsp3) is 0.357. The van der Waals surface area contributed by atoms with Gasteiger partial charge in [0.2, 0.25) is 0 Å². The van der Waals surface area contributed by atoms with Crippen LogP contribution in [0.4, 0.5) is 4.79 Å². The molecule has 4 amide bonds. The van der Waals surface area contributed by atoms with Crippen molar-refractivity contribution in [2.75, 3.05) is 13.6 Å². The van der Waals surface area contributed by atoms with Crippen molar-refractivity contribution in [3.8, 4) is 0 Å². The molecule has 116 valence electrons. The highest BCUT2D eigenvalue weighted by molar-refractivity contribution is 6.45. The first-order valence-electron chi connectivity index (χ1n) is 6.53. The molecule has 0 spiro atoms. The first kappa shape index (κ1) is 15.6. The number of aromatic nitrogens is 1. The van der Waals surface area contributed by atoms with Gasteiger partial charge in [-0.2, -0.15) is 0 Å². The lowest BCUT2D eigenvalue weighted by Crippen LogP contribution is -2.36. The average molecular weight is 305 g/mol. The molecule has 2 heterocycles. The van der Waals surface area contributed by atoms with Gasteiger partial charge in [0, 0.05) is 18.3 Å². The van der Waals surface area contributed by atoms with E-state index in [2.05, 4.69) is 4.98 Å². The van der Waals surface area contributed by atoms with Crippen LogP contribution in [0.1, 0.15) is 39.0 Å². The summed E-state index contributed by atoms with van der Waals surface area (Å²) in [5, 5.41) is 0. The van der Waals surface area contributed by atoms with Gasteiger partial charge in [-0.15, -0.1) is 0 Å². The normalized spacial score (nSPS) is 15.0. The monoisotopic (exact) mass is 305 g/mol. The summed E-state index contributed by atoms with van der Waals surface area (Å²) >= 11 is 0. The van der Waals surface area contributed by atoms with Crippen LogP contribution in [0.3, 0.4) is 0 Å². The quantitative estimate of drug-likeness (QED) is 0.493. The molecule has 0 aromatic carbocycles. The predicted molar refractivity (Wildman–Crippen MR) is 74.5 cm³/mol. The summed E-state index contributed by atoms with van der Waals surface area (Å²) in [6.45, 7) is 4.10. The lowest BCUT2D eigenvalue weighted by Gasteiger charge is -2.11. The zero-order valence-electron chi connectivity index (χ0n) is 12.6. The maximum absolute atomic E-state index is 12.3. The standard InChI is InChI=1S/C14H15N3O5/c1-6-10(8(3)18)7(2)15-11(6)9(19)5-17-13(21)12(20)16(4)14(17)22/h15H,5H2,1-4H3. The maximum Gasteiger partial charge on any atom is 0.334 e. The molecule has 1 aromatic rings. The molecule has 8 heteroatoms. The summed E-state index contributed by atoms with van der Waals surface area (Å²) in [4.78, 5) is 62.7. The second-order valence-electron chi connectivity index (χ2n) is 5.14. The van der Waals surface area contributed by atoms with Crippen molar-refractivity contribution in [2.45, 2.75) is 20.8 Å². The van der Waals surface area contributed by atoms with Crippen LogP contribution < -0.4 is 0 Å². The van der Waals surface area contributed by atoms with Crippen molar-refractivity contribution in [3.63, 3.8) is 0 Å². The highest BCUT2D eigenvalue weighted by atomic mass is 16.2. The van der Waals surface area contributed by atoms with Gasteiger partial charge in [-0.25, -0.2) is 9.69 Å². The van der Waals surface area contributed by atoms with Crippen LogP contribution >= 0.6 is 0 Å². The van der Waals surface area contributed by atoms with E-state index in [4.69, 9.17) is 0 Å². The van der Waals surface area contributed by atoms with Gasteiger partial charge in [0.15, 0.2) is 11.6 Å². The van der Waals surface area contributed by atoms with Crippen molar-refractivity contribution in [1.82, 2.24) is 14.8 Å². The molecular formula is C14H15N3O5. The van der Waals surface area contributed by atoms with Crippen LogP contribution in [-0.4, -0.2) is 57.8 Å². The van der Waals surface area contributed by atoms with Gasteiger partial charge in [-0.1, -0.05) is 0 Å². The molecule has 1 fully saturated rings. The molecule has 2 rings (SSSR count). The minimum absolute atomic E-state index is 0.158. The molecule has 1 saturated heterocycles. The molecule has 0 atom stereocenters. The summed E-state index contributed by atoms with van der Waals surface area (Å²) in [6.07, 6.45) is 0. The lowest BCUT2D eigenvalue weighted by atomic mass is 10.1. The van der Waals surface area contributed by atoms with Crippen molar-refractivity contribution < 1.29 is 24.0 Å². The molecule has 22 heavy (non-hydrogen) atoms. The number of ketones is 2. The molecule has 0 unspecified atom stereocenters. The number of H-pyrrole nitrogens is 1. The minimum atomic E-state index is -1.03. The number of imide groups is 2. The van der Waals surface area contributed by atoms with Crippen LogP contribution in [0.25, 0.3) is 0 Å². The fourth-order valence-electron chi connectivity index (χ4n) is 2.53. The third-order valence-electron chi connectivity index (χ3n) is 3.62. The lowest BCUT2D eigenvalue weighted by molar-refractivity contribution is -0.142. The summed E-state index contributed by atoms with van der Waals surface area (Å²) < 4.78 is 0. The minimum Gasteiger partial charge on any atom is -0.355 e. The molecular weight excluding hydrogens is 290 g/mol. The number of Topliss-reactive ketones (excluding diaryl/α,β-unsaturated/α-hetero) is 2. The molecule has 0 aliphatic carbocycles. The second-order valence-corrected chi connectivity index (χ2v) is 5.14. The van der Waals surface area contributed by atoms with Gasteiger partial charge in [0.05, 0.1) is 12.2 Å². The van der Waals surface area contributed by atoms with E-state index in [-0.39, 0.29) is 11.5 Å². The average Bonchev–Trinajstić information content (AvgIpc) is 2.83. The number of hydrogen-bond acceptors (Lipinski definition) is 5. The number of amides is 4. The number of aromatic amines is 1. The van der Waals surface area contributed by atoms with Gasteiger partial charge in [-0.3, -0.25) is 24.1 Å². The number of likely N-dealkylation sites (N-methyl/N-ethyl adjacent to an activating group) is 1. The Morgan fingerprint density at radius 1 is 1.09 bits per heavy atom. The molecule has 8 nitrogen and oxygen atoms in total. The van der Waals surface area contributed by atoms with Crippen LogP contribution in [0, 0.1) is 13.8 Å². The first-order valence-corrected chi connectivity index (χ1v) is 6.53. The summed E-state index contributed by atoms with van der Waals surface area (Å²) in [7, 11) is 1.17. The predicted octanol–water partition coefficient (Wildman–Crippen LogP) is 0.437. The Kier molecular flexibility index (Phi) is 3.70. The smallest absolute Gasteiger partial charge is 0.334 e. The summed E-state index contributed by atoms with van der Waals surface area (Å²) in [5.41, 5.74) is 1.58. The van der Waals surface area contributed by atoms with E-state index >= 15 is 0 Å². The number of carbonyl (C=O) groups is 5. The largest absolute Gasteiger partial charge is 0.355 e. The van der Waals surface area contributed by atoms with Crippen LogP contribution in [0.15, 0.2) is 0 Å². The number of hydrogen-bond donors (Lipinski definition) is 1. The summed E-state index contributed by atoms with van der Waals surface area (Å²) in [6, 6.07) is -0.837.